The largest absolute Gasteiger partial charge is 0.448 e. The van der Waals surface area contributed by atoms with Gasteiger partial charge in [0.2, 0.25) is 0 Å². The molecule has 0 saturated carbocycles. The third kappa shape index (κ3) is 3.82. The summed E-state index contributed by atoms with van der Waals surface area (Å²) in [4.78, 5) is 15.4. The first-order valence-electron chi connectivity index (χ1n) is 1.10. The predicted molar refractivity (Wildman–Crippen MR) is 21.6 cm³/mol. The minimum Gasteiger partial charge on any atom is -0.307 e. The molecule has 4 nitrogen and oxygen atoms in total. The Labute approximate surface area is 34.7 Å². The van der Waals surface area contributed by atoms with E-state index in [4.69, 9.17) is 9.79 Å². The summed E-state index contributed by atoms with van der Waals surface area (Å²) in [7, 11) is -4.13. The van der Waals surface area contributed by atoms with Crippen LogP contribution in [0.25, 0.3) is 0 Å². The Balaban J connectivity index is 3.81. The van der Waals surface area contributed by atoms with Gasteiger partial charge in [0.15, 0.2) is 0 Å². The second kappa shape index (κ2) is 1.51. The van der Waals surface area contributed by atoms with Crippen LogP contribution in [0, 0.1) is 0 Å². The van der Waals surface area contributed by atoms with Crippen LogP contribution in [0.2, 0.25) is 0 Å². The van der Waals surface area contributed by atoms with E-state index in [1.807, 2.05) is 0 Å². The van der Waals surface area contributed by atoms with Gasteiger partial charge in [0.05, 0.1) is 0 Å². The van der Waals surface area contributed by atoms with Gasteiger partial charge in [-0.2, -0.15) is 4.76 Å². The number of nitrogens with zero attached hydrogens (tertiary/aromatic N) is 1. The lowest BCUT2D eigenvalue weighted by atomic mass is 11.8. The third-order valence-corrected chi connectivity index (χ3v) is 0.553. The fraction of sp³-hybridized carbons (Fsp3) is 0. The van der Waals surface area contributed by atoms with Gasteiger partial charge >= 0.3 is 7.75 Å². The van der Waals surface area contributed by atoms with Gasteiger partial charge in [0.1, 0.15) is 0 Å². The monoisotopic (exact) mass is 109 g/mol. The van der Waals surface area contributed by atoms with E-state index in [0.717, 1.165) is 0 Å². The molecule has 0 heterocycles. The van der Waals surface area contributed by atoms with Crippen molar-refractivity contribution in [3.63, 3.8) is 0 Å². The number of rotatable bonds is 1. The molecule has 0 aliphatic carbocycles. The maximum atomic E-state index is 9.47. The van der Waals surface area contributed by atoms with Crippen molar-refractivity contribution >= 4 is 14.5 Å². The molecule has 0 radical (unpaired) electrons. The Hall–Kier alpha value is -0.180. The highest BCUT2D eigenvalue weighted by Crippen LogP contribution is 2.34. The standard InChI is InChI=1S/CH4NO3P/c1-2-6(3,4)5/h1H2,(H2,3,4,5). The lowest BCUT2D eigenvalue weighted by Gasteiger charge is -1.86. The Morgan fingerprint density at radius 1 is 1.67 bits per heavy atom. The second-order valence-corrected chi connectivity index (χ2v) is 1.96. The fourth-order valence-electron chi connectivity index (χ4n) is 0. The van der Waals surface area contributed by atoms with Crippen molar-refractivity contribution in [2.24, 2.45) is 4.76 Å². The summed E-state index contributed by atoms with van der Waals surface area (Å²) in [5.74, 6) is 0. The van der Waals surface area contributed by atoms with E-state index in [1.165, 1.54) is 0 Å². The molecular formula is CH4NO3P. The average molecular weight is 109 g/mol. The van der Waals surface area contributed by atoms with Crippen LogP contribution in [0.4, 0.5) is 0 Å². The average Bonchev–Trinajstić information content (AvgIpc) is 1.35. The van der Waals surface area contributed by atoms with Gasteiger partial charge in [-0.25, -0.2) is 4.57 Å². The Morgan fingerprint density at radius 3 is 1.83 bits per heavy atom. The van der Waals surface area contributed by atoms with E-state index < -0.39 is 7.75 Å². The summed E-state index contributed by atoms with van der Waals surface area (Å²) in [6.45, 7) is 2.62. The maximum absolute atomic E-state index is 9.47. The van der Waals surface area contributed by atoms with E-state index in [2.05, 4.69) is 11.5 Å². The molecule has 0 aliphatic rings. The Bertz CT molecular complexity index is 93.0. The van der Waals surface area contributed by atoms with Crippen molar-refractivity contribution in [2.45, 2.75) is 0 Å². The molecular weight excluding hydrogens is 105 g/mol. The molecule has 0 rings (SSSR count). The lowest BCUT2D eigenvalue weighted by Crippen LogP contribution is -1.64. The summed E-state index contributed by atoms with van der Waals surface area (Å²) < 4.78 is 11.9. The molecule has 6 heavy (non-hydrogen) atoms. The smallest absolute Gasteiger partial charge is 0.307 e. The third-order valence-electron chi connectivity index (χ3n) is 0.184. The van der Waals surface area contributed by atoms with Crippen LogP contribution in [-0.4, -0.2) is 16.5 Å². The summed E-state index contributed by atoms with van der Waals surface area (Å²) in [6.07, 6.45) is 0. The van der Waals surface area contributed by atoms with E-state index in [1.54, 1.807) is 0 Å². The van der Waals surface area contributed by atoms with E-state index in [-0.39, 0.29) is 0 Å². The van der Waals surface area contributed by atoms with E-state index >= 15 is 0 Å². The molecule has 0 aliphatic heterocycles. The van der Waals surface area contributed by atoms with Crippen LogP contribution in [0.1, 0.15) is 0 Å². The zero-order valence-corrected chi connectivity index (χ0v) is 3.80. The molecule has 0 spiro atoms. The summed E-state index contributed by atoms with van der Waals surface area (Å²) in [5.41, 5.74) is 0. The Morgan fingerprint density at radius 2 is 1.83 bits per heavy atom. The van der Waals surface area contributed by atoms with Crippen LogP contribution < -0.4 is 0 Å². The van der Waals surface area contributed by atoms with Gasteiger partial charge in [0, 0.05) is 0 Å². The van der Waals surface area contributed by atoms with Crippen molar-refractivity contribution in [1.82, 2.24) is 0 Å². The molecule has 0 fully saturated rings. The normalized spacial score (nSPS) is 11.0. The molecule has 0 unspecified atom stereocenters. The highest BCUT2D eigenvalue weighted by molar-refractivity contribution is 7.50. The van der Waals surface area contributed by atoms with Crippen molar-refractivity contribution in [3.05, 3.63) is 0 Å². The predicted octanol–water partition coefficient (Wildman–Crippen LogP) is -0.220. The Kier molecular flexibility index (Phi) is 1.47. The quantitative estimate of drug-likeness (QED) is 0.361. The van der Waals surface area contributed by atoms with Crippen LogP contribution >= 0.6 is 7.75 Å². The van der Waals surface area contributed by atoms with Crippen LogP contribution in [0.5, 0.6) is 0 Å². The highest BCUT2D eigenvalue weighted by Gasteiger charge is 2.03. The first kappa shape index (κ1) is 5.82. The zero-order valence-electron chi connectivity index (χ0n) is 2.90. The van der Waals surface area contributed by atoms with Crippen LogP contribution in [0.15, 0.2) is 4.76 Å². The summed E-state index contributed by atoms with van der Waals surface area (Å²) >= 11 is 0. The summed E-state index contributed by atoms with van der Waals surface area (Å²) in [6, 6.07) is 0. The minimum absolute atomic E-state index is 2.44. The van der Waals surface area contributed by atoms with Crippen molar-refractivity contribution in [1.29, 1.82) is 0 Å². The molecule has 0 atom stereocenters. The molecule has 0 aromatic rings. The molecule has 0 amide bonds. The molecule has 0 aromatic carbocycles. The van der Waals surface area contributed by atoms with Crippen molar-refractivity contribution in [3.8, 4) is 0 Å². The topological polar surface area (TPSA) is 69.9 Å². The summed E-state index contributed by atoms with van der Waals surface area (Å²) in [5, 5.41) is 0. The van der Waals surface area contributed by atoms with E-state index in [9.17, 15) is 4.57 Å². The highest BCUT2D eigenvalue weighted by atomic mass is 31.2. The molecule has 0 bridgehead atoms. The van der Waals surface area contributed by atoms with Gasteiger partial charge in [-0.3, -0.25) is 0 Å². The van der Waals surface area contributed by atoms with Gasteiger partial charge in [0.25, 0.3) is 0 Å². The molecule has 0 aromatic heterocycles. The van der Waals surface area contributed by atoms with Crippen LogP contribution in [-0.2, 0) is 4.57 Å². The van der Waals surface area contributed by atoms with Gasteiger partial charge in [-0.05, 0) is 6.72 Å². The second-order valence-electron chi connectivity index (χ2n) is 0.655. The zero-order chi connectivity index (χ0) is 5.21. The number of hydrogen-bond donors (Lipinski definition) is 2. The van der Waals surface area contributed by atoms with Crippen LogP contribution in [0.3, 0.4) is 0 Å². The number of hydrogen-bond acceptors (Lipinski definition) is 1. The van der Waals surface area contributed by atoms with Gasteiger partial charge in [-0.1, -0.05) is 0 Å². The van der Waals surface area contributed by atoms with Gasteiger partial charge in [-0.15, -0.1) is 0 Å². The fourth-order valence-corrected chi connectivity index (χ4v) is 0. The van der Waals surface area contributed by atoms with E-state index in [0.29, 0.717) is 0 Å². The lowest BCUT2D eigenvalue weighted by molar-refractivity contribution is 0.375. The molecule has 5 heteroatoms. The van der Waals surface area contributed by atoms with Crippen molar-refractivity contribution < 1.29 is 14.4 Å². The van der Waals surface area contributed by atoms with Gasteiger partial charge < -0.3 is 9.79 Å². The SMILES string of the molecule is C=NP(=O)(O)O. The van der Waals surface area contributed by atoms with Crippen molar-refractivity contribution in [2.75, 3.05) is 0 Å². The maximum Gasteiger partial charge on any atom is 0.448 e. The first-order valence-corrected chi connectivity index (χ1v) is 2.66. The molecule has 36 valence electrons. The molecule has 0 saturated heterocycles. The first-order chi connectivity index (χ1) is 2.56. The minimum atomic E-state index is -4.13. The molecule has 2 N–H and O–H groups in total.